The van der Waals surface area contributed by atoms with E-state index >= 15 is 0 Å². The molecule has 0 bridgehead atoms. The van der Waals surface area contributed by atoms with Gasteiger partial charge in [-0.3, -0.25) is 0 Å². The van der Waals surface area contributed by atoms with Gasteiger partial charge in [0.05, 0.1) is 24.9 Å². The van der Waals surface area contributed by atoms with Gasteiger partial charge in [0.25, 0.3) is 0 Å². The first-order valence-corrected chi connectivity index (χ1v) is 9.15. The number of nitrogens with zero attached hydrogens (tertiary/aromatic N) is 1. The lowest BCUT2D eigenvalue weighted by molar-refractivity contribution is -0.298. The molecule has 6 N–H and O–H groups in total. The van der Waals surface area contributed by atoms with Crippen LogP contribution in [0.15, 0.2) is 35.9 Å². The molecule has 1 saturated heterocycles. The van der Waals surface area contributed by atoms with Crippen molar-refractivity contribution >= 4 is 12.0 Å². The minimum atomic E-state index is -1.58. The van der Waals surface area contributed by atoms with Crippen molar-refractivity contribution in [2.45, 2.75) is 30.7 Å². The van der Waals surface area contributed by atoms with Crippen LogP contribution in [0, 0.1) is 11.3 Å². The Balaban J connectivity index is 1.84. The lowest BCUT2D eigenvalue weighted by Gasteiger charge is -2.39. The molecule has 31 heavy (non-hydrogen) atoms. The van der Waals surface area contributed by atoms with Crippen LogP contribution in [0.3, 0.4) is 0 Å². The second-order valence-electron chi connectivity index (χ2n) is 6.56. The SMILES string of the molecule is N#C/C(=C\CO[C@@H]1O[C@H](CO)[C@@H](O)[C@@H](O)[C@@H]1O)COC(=O)C=Cc1ccc(O)c(O)c1. The number of hydrogen-bond acceptors (Lipinski definition) is 11. The van der Waals surface area contributed by atoms with E-state index in [-0.39, 0.29) is 30.3 Å². The zero-order chi connectivity index (χ0) is 23.0. The predicted molar refractivity (Wildman–Crippen MR) is 103 cm³/mol. The first-order valence-electron chi connectivity index (χ1n) is 9.15. The number of esters is 1. The van der Waals surface area contributed by atoms with E-state index in [1.807, 2.05) is 6.07 Å². The zero-order valence-electron chi connectivity index (χ0n) is 16.2. The van der Waals surface area contributed by atoms with E-state index < -0.39 is 43.3 Å². The zero-order valence-corrected chi connectivity index (χ0v) is 16.2. The highest BCUT2D eigenvalue weighted by Gasteiger charge is 2.43. The predicted octanol–water partition coefficient (Wildman–Crippen LogP) is -1.08. The van der Waals surface area contributed by atoms with Gasteiger partial charge in [-0.25, -0.2) is 4.79 Å². The van der Waals surface area contributed by atoms with Crippen molar-refractivity contribution in [3.05, 3.63) is 41.5 Å². The number of phenols is 2. The van der Waals surface area contributed by atoms with Crippen LogP contribution in [0.1, 0.15) is 5.56 Å². The van der Waals surface area contributed by atoms with Gasteiger partial charge in [-0.05, 0) is 29.8 Å². The third-order valence-corrected chi connectivity index (χ3v) is 4.36. The minimum absolute atomic E-state index is 0.0358. The number of nitriles is 1. The van der Waals surface area contributed by atoms with E-state index in [2.05, 4.69) is 0 Å². The number of aromatic hydroxyl groups is 2. The van der Waals surface area contributed by atoms with Crippen LogP contribution in [-0.4, -0.2) is 87.1 Å². The summed E-state index contributed by atoms with van der Waals surface area (Å²) in [4.78, 5) is 11.8. The largest absolute Gasteiger partial charge is 0.504 e. The molecule has 0 spiro atoms. The van der Waals surface area contributed by atoms with Gasteiger partial charge in [-0.2, -0.15) is 5.26 Å². The maximum atomic E-state index is 11.8. The van der Waals surface area contributed by atoms with Crippen LogP contribution in [0.25, 0.3) is 6.08 Å². The summed E-state index contributed by atoms with van der Waals surface area (Å²) < 4.78 is 15.3. The number of aliphatic hydroxyl groups is 4. The van der Waals surface area contributed by atoms with E-state index in [0.717, 1.165) is 6.08 Å². The summed E-state index contributed by atoms with van der Waals surface area (Å²) in [6.45, 7) is -1.21. The lowest BCUT2D eigenvalue weighted by Crippen LogP contribution is -2.59. The number of rotatable bonds is 8. The quantitative estimate of drug-likeness (QED) is 0.126. The Hall–Kier alpha value is -2.98. The normalized spacial score (nSPS) is 26.5. The second-order valence-corrected chi connectivity index (χ2v) is 6.56. The standard InChI is InChI=1S/C20H23NO10/c21-8-12(5-6-29-20-19(28)18(27)17(26)15(9-22)31-20)10-30-16(25)4-2-11-1-3-13(23)14(24)7-11/h1-5,7,15,17-20,22-24,26-28H,6,9-10H2/b4-2?,12-5+/t15-,17-,18-,19+,20-/m1/s1. The van der Waals surface area contributed by atoms with Crippen molar-refractivity contribution < 1.29 is 49.6 Å². The average Bonchev–Trinajstić information content (AvgIpc) is 2.76. The molecule has 1 aliphatic rings. The van der Waals surface area contributed by atoms with E-state index in [1.54, 1.807) is 0 Å². The van der Waals surface area contributed by atoms with Crippen LogP contribution < -0.4 is 0 Å². The van der Waals surface area contributed by atoms with E-state index in [4.69, 9.17) is 24.6 Å². The second kappa shape index (κ2) is 11.4. The smallest absolute Gasteiger partial charge is 0.331 e. The summed E-state index contributed by atoms with van der Waals surface area (Å²) in [7, 11) is 0. The van der Waals surface area contributed by atoms with E-state index in [9.17, 15) is 30.3 Å². The molecule has 1 aromatic carbocycles. The Labute approximate surface area is 177 Å². The number of carbonyl (C=O) groups excluding carboxylic acids is 1. The van der Waals surface area contributed by atoms with E-state index in [0.29, 0.717) is 5.56 Å². The van der Waals surface area contributed by atoms with Crippen LogP contribution in [-0.2, 0) is 19.0 Å². The third kappa shape index (κ3) is 6.76. The monoisotopic (exact) mass is 437 g/mol. The molecule has 11 nitrogen and oxygen atoms in total. The van der Waals surface area contributed by atoms with Gasteiger partial charge in [-0.1, -0.05) is 6.07 Å². The molecule has 2 rings (SSSR count). The molecule has 0 aromatic heterocycles. The third-order valence-electron chi connectivity index (χ3n) is 4.36. The fourth-order valence-corrected chi connectivity index (χ4v) is 2.59. The maximum absolute atomic E-state index is 11.8. The van der Waals surface area contributed by atoms with Crippen LogP contribution >= 0.6 is 0 Å². The highest BCUT2D eigenvalue weighted by molar-refractivity contribution is 5.87. The molecule has 1 fully saturated rings. The van der Waals surface area contributed by atoms with Gasteiger partial charge in [0.2, 0.25) is 0 Å². The number of ether oxygens (including phenoxy) is 3. The number of aliphatic hydroxyl groups excluding tert-OH is 4. The number of phenolic OH excluding ortho intramolecular Hbond substituents is 2. The molecule has 168 valence electrons. The number of carbonyl (C=O) groups is 1. The average molecular weight is 437 g/mol. The Morgan fingerprint density at radius 1 is 1.16 bits per heavy atom. The molecular weight excluding hydrogens is 414 g/mol. The Morgan fingerprint density at radius 3 is 2.55 bits per heavy atom. The van der Waals surface area contributed by atoms with Crippen LogP contribution in [0.2, 0.25) is 0 Å². The molecule has 0 radical (unpaired) electrons. The van der Waals surface area contributed by atoms with Gasteiger partial charge >= 0.3 is 5.97 Å². The first kappa shape index (κ1) is 24.3. The van der Waals surface area contributed by atoms with Gasteiger partial charge < -0.3 is 44.8 Å². The van der Waals surface area contributed by atoms with Crippen molar-refractivity contribution in [1.82, 2.24) is 0 Å². The molecule has 5 atom stereocenters. The maximum Gasteiger partial charge on any atom is 0.331 e. The summed E-state index contributed by atoms with van der Waals surface area (Å²) in [5.41, 5.74) is 0.477. The first-order chi connectivity index (χ1) is 14.8. The Bertz CT molecular complexity index is 860. The van der Waals surface area contributed by atoms with Gasteiger partial charge in [0, 0.05) is 6.08 Å². The minimum Gasteiger partial charge on any atom is -0.504 e. The summed E-state index contributed by atoms with van der Waals surface area (Å²) in [6, 6.07) is 5.79. The van der Waals surface area contributed by atoms with Crippen LogP contribution in [0.5, 0.6) is 11.5 Å². The fourth-order valence-electron chi connectivity index (χ4n) is 2.59. The molecule has 0 amide bonds. The molecule has 0 aliphatic carbocycles. The molecular formula is C20H23NO10. The van der Waals surface area contributed by atoms with Crippen LogP contribution in [0.4, 0.5) is 0 Å². The van der Waals surface area contributed by atoms with Crippen molar-refractivity contribution in [3.63, 3.8) is 0 Å². The molecule has 11 heteroatoms. The lowest BCUT2D eigenvalue weighted by atomic mass is 9.99. The van der Waals surface area contributed by atoms with Crippen molar-refractivity contribution in [1.29, 1.82) is 5.26 Å². The summed E-state index contributed by atoms with van der Waals surface area (Å²) in [6.07, 6.45) is -3.44. The molecule has 1 heterocycles. The van der Waals surface area contributed by atoms with Gasteiger partial charge in [-0.15, -0.1) is 0 Å². The molecule has 0 unspecified atom stereocenters. The summed E-state index contributed by atoms with van der Waals surface area (Å²) >= 11 is 0. The fraction of sp³-hybridized carbons (Fsp3) is 0.400. The molecule has 1 aliphatic heterocycles. The van der Waals surface area contributed by atoms with Crippen molar-refractivity contribution in [2.75, 3.05) is 19.8 Å². The molecule has 1 aromatic rings. The Kier molecular flexibility index (Phi) is 8.95. The van der Waals surface area contributed by atoms with Gasteiger partial charge in [0.1, 0.15) is 31.0 Å². The van der Waals surface area contributed by atoms with Gasteiger partial charge in [0.15, 0.2) is 17.8 Å². The van der Waals surface area contributed by atoms with Crippen molar-refractivity contribution in [3.8, 4) is 17.6 Å². The highest BCUT2D eigenvalue weighted by Crippen LogP contribution is 2.25. The van der Waals surface area contributed by atoms with Crippen molar-refractivity contribution in [2.24, 2.45) is 0 Å². The highest BCUT2D eigenvalue weighted by atomic mass is 16.7. The molecule has 0 saturated carbocycles. The summed E-state index contributed by atoms with van der Waals surface area (Å²) in [5.74, 6) is -1.40. The number of hydrogen-bond donors (Lipinski definition) is 6. The summed E-state index contributed by atoms with van der Waals surface area (Å²) in [5, 5.41) is 66.2. The van der Waals surface area contributed by atoms with E-state index in [1.165, 1.54) is 30.4 Å². The topological polar surface area (TPSA) is 190 Å². The Morgan fingerprint density at radius 2 is 1.90 bits per heavy atom. The number of benzene rings is 1.